The number of amides is 1. The Morgan fingerprint density at radius 3 is 2.79 bits per heavy atom. The number of carbonyl (C=O) groups is 1. The van der Waals surface area contributed by atoms with Crippen LogP contribution in [0.5, 0.6) is 5.75 Å². The molecule has 0 aliphatic heterocycles. The van der Waals surface area contributed by atoms with E-state index in [-0.39, 0.29) is 12.5 Å². The van der Waals surface area contributed by atoms with E-state index in [0.29, 0.717) is 5.75 Å². The van der Waals surface area contributed by atoms with Crippen molar-refractivity contribution in [1.29, 1.82) is 0 Å². The molecular weight excluding hydrogens is 368 g/mol. The van der Waals surface area contributed by atoms with E-state index in [1.807, 2.05) is 62.4 Å². The van der Waals surface area contributed by atoms with E-state index in [9.17, 15) is 4.79 Å². The van der Waals surface area contributed by atoms with Crippen LogP contribution in [0.25, 0.3) is 10.9 Å². The van der Waals surface area contributed by atoms with E-state index in [1.165, 1.54) is 0 Å². The summed E-state index contributed by atoms with van der Waals surface area (Å²) < 4.78 is 6.67. The number of aromatic nitrogens is 1. The highest BCUT2D eigenvalue weighted by Gasteiger charge is 2.09. The molecule has 0 spiro atoms. The normalized spacial score (nSPS) is 10.6. The molecule has 5 heteroatoms. The van der Waals surface area contributed by atoms with Gasteiger partial charge in [-0.3, -0.25) is 4.79 Å². The second-order valence-corrected chi connectivity index (χ2v) is 6.49. The van der Waals surface area contributed by atoms with Gasteiger partial charge in [0.2, 0.25) is 0 Å². The van der Waals surface area contributed by atoms with Gasteiger partial charge in [-0.1, -0.05) is 34.1 Å². The van der Waals surface area contributed by atoms with Gasteiger partial charge < -0.3 is 10.1 Å². The van der Waals surface area contributed by atoms with Crippen LogP contribution in [0.2, 0.25) is 0 Å². The number of fused-ring (bicyclic) bond motifs is 1. The van der Waals surface area contributed by atoms with Crippen LogP contribution in [-0.4, -0.2) is 17.5 Å². The Bertz CT molecular complexity index is 909. The van der Waals surface area contributed by atoms with E-state index in [4.69, 9.17) is 4.74 Å². The van der Waals surface area contributed by atoms with Gasteiger partial charge in [0.25, 0.3) is 5.91 Å². The van der Waals surface area contributed by atoms with Gasteiger partial charge in [0.05, 0.1) is 0 Å². The number of benzene rings is 2. The highest BCUT2D eigenvalue weighted by molar-refractivity contribution is 9.10. The lowest BCUT2D eigenvalue weighted by molar-refractivity contribution is -0.118. The van der Waals surface area contributed by atoms with Crippen LogP contribution in [0, 0.1) is 13.8 Å². The van der Waals surface area contributed by atoms with Gasteiger partial charge in [-0.25, -0.2) is 4.98 Å². The fraction of sp³-hybridized carbons (Fsp3) is 0.158. The summed E-state index contributed by atoms with van der Waals surface area (Å²) in [4.78, 5) is 16.7. The topological polar surface area (TPSA) is 51.2 Å². The van der Waals surface area contributed by atoms with Crippen molar-refractivity contribution in [3.05, 3.63) is 64.3 Å². The van der Waals surface area contributed by atoms with E-state index < -0.39 is 0 Å². The number of aryl methyl sites for hydroxylation is 2. The van der Waals surface area contributed by atoms with Crippen molar-refractivity contribution in [2.24, 2.45) is 0 Å². The number of hydrogen-bond donors (Lipinski definition) is 1. The second-order valence-electron chi connectivity index (χ2n) is 5.58. The Hall–Kier alpha value is -2.40. The van der Waals surface area contributed by atoms with Crippen molar-refractivity contribution in [2.45, 2.75) is 13.8 Å². The summed E-state index contributed by atoms with van der Waals surface area (Å²) in [6.07, 6.45) is 0. The first kappa shape index (κ1) is 16.5. The van der Waals surface area contributed by atoms with Crippen molar-refractivity contribution in [3.63, 3.8) is 0 Å². The lowest BCUT2D eigenvalue weighted by Crippen LogP contribution is -2.20. The Kier molecular flexibility index (Phi) is 4.81. The molecule has 0 saturated heterocycles. The highest BCUT2D eigenvalue weighted by Crippen LogP contribution is 2.24. The zero-order valence-corrected chi connectivity index (χ0v) is 15.1. The Morgan fingerprint density at radius 2 is 2.00 bits per heavy atom. The molecule has 0 saturated carbocycles. The van der Waals surface area contributed by atoms with Crippen molar-refractivity contribution < 1.29 is 9.53 Å². The Labute approximate surface area is 149 Å². The molecule has 2 aromatic carbocycles. The summed E-state index contributed by atoms with van der Waals surface area (Å²) in [6.45, 7) is 3.81. The number of hydrogen-bond acceptors (Lipinski definition) is 3. The largest absolute Gasteiger partial charge is 0.481 e. The van der Waals surface area contributed by atoms with E-state index >= 15 is 0 Å². The van der Waals surface area contributed by atoms with Gasteiger partial charge in [0, 0.05) is 21.2 Å². The molecule has 0 radical (unpaired) electrons. The fourth-order valence-corrected chi connectivity index (χ4v) is 2.91. The van der Waals surface area contributed by atoms with Crippen LogP contribution >= 0.6 is 15.9 Å². The number of ether oxygens (including phenoxy) is 1. The molecule has 0 atom stereocenters. The summed E-state index contributed by atoms with van der Waals surface area (Å²) in [5.41, 5.74) is 3.44. The third kappa shape index (κ3) is 3.74. The van der Waals surface area contributed by atoms with Crippen LogP contribution in [-0.2, 0) is 4.79 Å². The lowest BCUT2D eigenvalue weighted by Gasteiger charge is -2.11. The quantitative estimate of drug-likeness (QED) is 0.713. The minimum absolute atomic E-state index is 0.0652. The molecular formula is C19H17BrN2O2. The third-order valence-corrected chi connectivity index (χ3v) is 4.14. The Morgan fingerprint density at radius 1 is 1.17 bits per heavy atom. The molecule has 4 nitrogen and oxygen atoms in total. The molecule has 24 heavy (non-hydrogen) atoms. The van der Waals surface area contributed by atoms with Crippen molar-refractivity contribution in [2.75, 3.05) is 11.9 Å². The van der Waals surface area contributed by atoms with Gasteiger partial charge in [-0.15, -0.1) is 0 Å². The minimum atomic E-state index is -0.204. The zero-order chi connectivity index (χ0) is 17.1. The van der Waals surface area contributed by atoms with Crippen LogP contribution < -0.4 is 10.1 Å². The molecule has 1 aromatic heterocycles. The number of carbonyl (C=O) groups excluding carboxylic acids is 1. The van der Waals surface area contributed by atoms with Crippen LogP contribution in [0.3, 0.4) is 0 Å². The molecule has 0 aliphatic rings. The zero-order valence-electron chi connectivity index (χ0n) is 13.5. The standard InChI is InChI=1S/C19H17BrN2O2/c1-12-10-15(20)8-9-16(12)22-18(23)11-24-17-5-3-4-14-7-6-13(2)21-19(14)17/h3-10H,11H2,1-2H3,(H,22,23). The molecule has 0 aliphatic carbocycles. The highest BCUT2D eigenvalue weighted by atomic mass is 79.9. The molecule has 1 amide bonds. The van der Waals surface area contributed by atoms with Gasteiger partial charge in [0.1, 0.15) is 11.3 Å². The number of rotatable bonds is 4. The summed E-state index contributed by atoms with van der Waals surface area (Å²) in [7, 11) is 0. The molecule has 0 unspecified atom stereocenters. The lowest BCUT2D eigenvalue weighted by atomic mass is 10.2. The SMILES string of the molecule is Cc1ccc2cccc(OCC(=O)Nc3ccc(Br)cc3C)c2n1. The van der Waals surface area contributed by atoms with E-state index in [2.05, 4.69) is 26.2 Å². The number of nitrogens with one attached hydrogen (secondary N) is 1. The summed E-state index contributed by atoms with van der Waals surface area (Å²) in [6, 6.07) is 15.3. The number of anilines is 1. The number of para-hydroxylation sites is 1. The number of halogens is 1. The van der Waals surface area contributed by atoms with Gasteiger partial charge >= 0.3 is 0 Å². The number of nitrogens with zero attached hydrogens (tertiary/aromatic N) is 1. The monoisotopic (exact) mass is 384 g/mol. The van der Waals surface area contributed by atoms with Crippen molar-refractivity contribution in [3.8, 4) is 5.75 Å². The molecule has 3 rings (SSSR count). The molecule has 0 fully saturated rings. The Balaban J connectivity index is 1.71. The summed E-state index contributed by atoms with van der Waals surface area (Å²) in [5, 5.41) is 3.85. The third-order valence-electron chi connectivity index (χ3n) is 3.64. The average molecular weight is 385 g/mol. The maximum atomic E-state index is 12.2. The molecule has 122 valence electrons. The molecule has 3 aromatic rings. The first-order chi connectivity index (χ1) is 11.5. The van der Waals surface area contributed by atoms with Gasteiger partial charge in [-0.2, -0.15) is 0 Å². The summed E-state index contributed by atoms with van der Waals surface area (Å²) >= 11 is 3.41. The van der Waals surface area contributed by atoms with Crippen molar-refractivity contribution in [1.82, 2.24) is 4.98 Å². The van der Waals surface area contributed by atoms with Gasteiger partial charge in [0.15, 0.2) is 6.61 Å². The predicted molar refractivity (Wildman–Crippen MR) is 99.5 cm³/mol. The van der Waals surface area contributed by atoms with E-state index in [0.717, 1.165) is 32.3 Å². The maximum absolute atomic E-state index is 12.2. The smallest absolute Gasteiger partial charge is 0.262 e. The molecule has 1 heterocycles. The van der Waals surface area contributed by atoms with E-state index in [1.54, 1.807) is 0 Å². The average Bonchev–Trinajstić information content (AvgIpc) is 2.55. The first-order valence-electron chi connectivity index (χ1n) is 7.58. The molecule has 0 bridgehead atoms. The van der Waals surface area contributed by atoms with Crippen LogP contribution in [0.4, 0.5) is 5.69 Å². The van der Waals surface area contributed by atoms with Gasteiger partial charge in [-0.05, 0) is 49.7 Å². The van der Waals surface area contributed by atoms with Crippen molar-refractivity contribution >= 4 is 38.4 Å². The molecule has 1 N–H and O–H groups in total. The second kappa shape index (κ2) is 7.01. The number of pyridine rings is 1. The minimum Gasteiger partial charge on any atom is -0.481 e. The fourth-order valence-electron chi connectivity index (χ4n) is 2.43. The maximum Gasteiger partial charge on any atom is 0.262 e. The van der Waals surface area contributed by atoms with Crippen LogP contribution in [0.1, 0.15) is 11.3 Å². The first-order valence-corrected chi connectivity index (χ1v) is 8.37. The summed E-state index contributed by atoms with van der Waals surface area (Å²) in [5.74, 6) is 0.406. The predicted octanol–water partition coefficient (Wildman–Crippen LogP) is 4.63. The van der Waals surface area contributed by atoms with Crippen LogP contribution in [0.15, 0.2) is 53.0 Å².